The Hall–Kier alpha value is -3.01. The summed E-state index contributed by atoms with van der Waals surface area (Å²) in [5.74, 6) is -1.12. The summed E-state index contributed by atoms with van der Waals surface area (Å²) in [5.41, 5.74) is 4.46. The lowest BCUT2D eigenvalue weighted by Gasteiger charge is -2.18. The van der Waals surface area contributed by atoms with Crippen LogP contribution in [0.1, 0.15) is 17.0 Å². The maximum atomic E-state index is 12.8. The van der Waals surface area contributed by atoms with E-state index in [2.05, 4.69) is 16.2 Å². The molecule has 0 saturated carbocycles. The van der Waals surface area contributed by atoms with E-state index in [0.29, 0.717) is 17.9 Å². The van der Waals surface area contributed by atoms with E-state index in [4.69, 9.17) is 9.15 Å². The summed E-state index contributed by atoms with van der Waals surface area (Å²) >= 11 is 1.51. The fourth-order valence-corrected chi connectivity index (χ4v) is 2.55. The minimum atomic E-state index is -0.858. The molecular weight excluding hydrogens is 389 g/mol. The average Bonchev–Trinajstić information content (AvgIpc) is 3.23. The Kier molecular flexibility index (Phi) is 8.35. The van der Waals surface area contributed by atoms with E-state index in [1.54, 1.807) is 6.07 Å². The highest BCUT2D eigenvalue weighted by Crippen LogP contribution is 2.10. The molecule has 3 amide bonds. The van der Waals surface area contributed by atoms with Gasteiger partial charge in [0.05, 0.1) is 6.26 Å². The number of carbonyl (C=O) groups is 3. The molecule has 1 unspecified atom stereocenters. The summed E-state index contributed by atoms with van der Waals surface area (Å²) in [5, 5.41) is 2.56. The van der Waals surface area contributed by atoms with Gasteiger partial charge in [-0.05, 0) is 54.8 Å². The van der Waals surface area contributed by atoms with Gasteiger partial charge in [0.15, 0.2) is 12.4 Å². The third-order valence-electron chi connectivity index (χ3n) is 3.49. The van der Waals surface area contributed by atoms with Crippen molar-refractivity contribution < 1.29 is 27.9 Å². The highest BCUT2D eigenvalue weighted by Gasteiger charge is 2.22. The molecule has 0 aliphatic carbocycles. The van der Waals surface area contributed by atoms with Crippen molar-refractivity contribution in [3.8, 4) is 5.75 Å². The molecule has 3 N–H and O–H groups in total. The topological polar surface area (TPSA) is 110 Å². The van der Waals surface area contributed by atoms with E-state index in [-0.39, 0.29) is 12.4 Å². The lowest BCUT2D eigenvalue weighted by atomic mass is 10.2. The number of hydrogen-bond acceptors (Lipinski definition) is 6. The molecule has 0 aliphatic heterocycles. The summed E-state index contributed by atoms with van der Waals surface area (Å²) in [6.07, 6.45) is 3.59. The summed E-state index contributed by atoms with van der Waals surface area (Å²) in [7, 11) is 0. The maximum absolute atomic E-state index is 12.8. The molecule has 0 fully saturated rings. The van der Waals surface area contributed by atoms with Gasteiger partial charge in [0.1, 0.15) is 17.6 Å². The zero-order valence-corrected chi connectivity index (χ0v) is 15.9. The van der Waals surface area contributed by atoms with Crippen LogP contribution in [-0.2, 0) is 9.59 Å². The normalized spacial score (nSPS) is 11.4. The number of carbonyl (C=O) groups excluding carboxylic acids is 3. The molecule has 1 heterocycles. The fraction of sp³-hybridized carbons (Fsp3) is 0.278. The lowest BCUT2D eigenvalue weighted by molar-refractivity contribution is -0.130. The van der Waals surface area contributed by atoms with E-state index in [9.17, 15) is 18.8 Å². The Morgan fingerprint density at radius 1 is 1.18 bits per heavy atom. The standard InChI is InChI=1S/C18H20FN3O5S/c1-28-10-8-14(20-18(25)15-3-2-9-26-15)17(24)22-21-16(23)11-27-13-6-4-12(19)5-7-13/h2-7,9,14H,8,10-11H2,1H3,(H,20,25)(H,21,23)(H,22,24). The number of amides is 3. The van der Waals surface area contributed by atoms with Gasteiger partial charge in [-0.2, -0.15) is 11.8 Å². The summed E-state index contributed by atoms with van der Waals surface area (Å²) in [4.78, 5) is 36.2. The predicted octanol–water partition coefficient (Wildman–Crippen LogP) is 1.50. The van der Waals surface area contributed by atoms with Crippen LogP contribution >= 0.6 is 11.8 Å². The monoisotopic (exact) mass is 409 g/mol. The van der Waals surface area contributed by atoms with Crippen molar-refractivity contribution in [2.24, 2.45) is 0 Å². The van der Waals surface area contributed by atoms with Gasteiger partial charge in [-0.1, -0.05) is 0 Å². The second kappa shape index (κ2) is 11.0. The molecule has 0 radical (unpaired) electrons. The minimum Gasteiger partial charge on any atom is -0.484 e. The van der Waals surface area contributed by atoms with Crippen molar-refractivity contribution in [1.82, 2.24) is 16.2 Å². The van der Waals surface area contributed by atoms with Gasteiger partial charge in [0.25, 0.3) is 17.7 Å². The first-order chi connectivity index (χ1) is 13.5. The SMILES string of the molecule is CSCCC(NC(=O)c1ccco1)C(=O)NNC(=O)COc1ccc(F)cc1. The Balaban J connectivity index is 1.81. The molecule has 8 nitrogen and oxygen atoms in total. The summed E-state index contributed by atoms with van der Waals surface area (Å²) in [6.45, 7) is -0.375. The van der Waals surface area contributed by atoms with Crippen molar-refractivity contribution in [2.45, 2.75) is 12.5 Å². The number of ether oxygens (including phenoxy) is 1. The molecule has 2 aromatic rings. The second-order valence-corrected chi connectivity index (χ2v) is 6.55. The van der Waals surface area contributed by atoms with Gasteiger partial charge >= 0.3 is 0 Å². The van der Waals surface area contributed by atoms with Crippen LogP contribution in [0.15, 0.2) is 47.1 Å². The first-order valence-corrected chi connectivity index (χ1v) is 9.69. The van der Waals surface area contributed by atoms with Crippen LogP contribution in [0.4, 0.5) is 4.39 Å². The highest BCUT2D eigenvalue weighted by molar-refractivity contribution is 7.98. The van der Waals surface area contributed by atoms with Crippen molar-refractivity contribution in [2.75, 3.05) is 18.6 Å². The number of nitrogens with one attached hydrogen (secondary N) is 3. The third kappa shape index (κ3) is 6.95. The van der Waals surface area contributed by atoms with Crippen molar-refractivity contribution in [1.29, 1.82) is 0 Å². The fourth-order valence-electron chi connectivity index (χ4n) is 2.08. The molecular formula is C18H20FN3O5S. The van der Waals surface area contributed by atoms with Crippen LogP contribution in [0.3, 0.4) is 0 Å². The van der Waals surface area contributed by atoms with Gasteiger partial charge in [0.2, 0.25) is 0 Å². The van der Waals surface area contributed by atoms with Crippen LogP contribution in [0, 0.1) is 5.82 Å². The molecule has 28 heavy (non-hydrogen) atoms. The van der Waals surface area contributed by atoms with Gasteiger partial charge in [-0.25, -0.2) is 4.39 Å². The molecule has 1 aromatic heterocycles. The number of furan rings is 1. The van der Waals surface area contributed by atoms with E-state index in [1.165, 1.54) is 48.4 Å². The Morgan fingerprint density at radius 2 is 1.93 bits per heavy atom. The Labute approximate surface area is 165 Å². The van der Waals surface area contributed by atoms with E-state index < -0.39 is 29.6 Å². The van der Waals surface area contributed by atoms with E-state index >= 15 is 0 Å². The molecule has 2 rings (SSSR count). The summed E-state index contributed by atoms with van der Waals surface area (Å²) in [6, 6.07) is 7.34. The molecule has 0 bridgehead atoms. The minimum absolute atomic E-state index is 0.0821. The number of hydrazine groups is 1. The first-order valence-electron chi connectivity index (χ1n) is 8.30. The molecule has 1 aromatic carbocycles. The predicted molar refractivity (Wildman–Crippen MR) is 101 cm³/mol. The van der Waals surface area contributed by atoms with Crippen LogP contribution in [0.2, 0.25) is 0 Å². The number of benzene rings is 1. The average molecular weight is 409 g/mol. The Morgan fingerprint density at radius 3 is 2.57 bits per heavy atom. The van der Waals surface area contributed by atoms with Crippen molar-refractivity contribution >= 4 is 29.5 Å². The van der Waals surface area contributed by atoms with Gasteiger partial charge in [-0.3, -0.25) is 25.2 Å². The van der Waals surface area contributed by atoms with Crippen LogP contribution in [-0.4, -0.2) is 42.4 Å². The molecule has 0 saturated heterocycles. The van der Waals surface area contributed by atoms with Crippen molar-refractivity contribution in [3.05, 3.63) is 54.2 Å². The van der Waals surface area contributed by atoms with Crippen LogP contribution in [0.25, 0.3) is 0 Å². The molecule has 1 atom stereocenters. The molecule has 0 aliphatic rings. The summed E-state index contributed by atoms with van der Waals surface area (Å²) < 4.78 is 23.0. The van der Waals surface area contributed by atoms with E-state index in [0.717, 1.165) is 0 Å². The molecule has 150 valence electrons. The van der Waals surface area contributed by atoms with E-state index in [1.807, 2.05) is 6.26 Å². The number of hydrogen-bond donors (Lipinski definition) is 3. The second-order valence-electron chi connectivity index (χ2n) is 5.56. The van der Waals surface area contributed by atoms with Crippen molar-refractivity contribution in [3.63, 3.8) is 0 Å². The maximum Gasteiger partial charge on any atom is 0.287 e. The van der Waals surface area contributed by atoms with Gasteiger partial charge < -0.3 is 14.5 Å². The number of thioether (sulfide) groups is 1. The van der Waals surface area contributed by atoms with Gasteiger partial charge in [0, 0.05) is 0 Å². The van der Waals surface area contributed by atoms with Gasteiger partial charge in [-0.15, -0.1) is 0 Å². The largest absolute Gasteiger partial charge is 0.484 e. The quantitative estimate of drug-likeness (QED) is 0.542. The molecule has 0 spiro atoms. The molecule has 10 heteroatoms. The van der Waals surface area contributed by atoms with Crippen LogP contribution < -0.4 is 20.9 Å². The third-order valence-corrected chi connectivity index (χ3v) is 4.13. The smallest absolute Gasteiger partial charge is 0.287 e. The zero-order valence-electron chi connectivity index (χ0n) is 15.1. The highest BCUT2D eigenvalue weighted by atomic mass is 32.2. The van der Waals surface area contributed by atoms with Crippen LogP contribution in [0.5, 0.6) is 5.75 Å². The Bertz CT molecular complexity index is 783. The number of rotatable bonds is 9. The lowest BCUT2D eigenvalue weighted by Crippen LogP contribution is -2.53. The first kappa shape index (κ1) is 21.3. The number of halogens is 1. The zero-order chi connectivity index (χ0) is 20.4.